The van der Waals surface area contributed by atoms with Gasteiger partial charge >= 0.3 is 6.03 Å². The molecule has 0 aromatic heterocycles. The Bertz CT molecular complexity index is 987. The van der Waals surface area contributed by atoms with E-state index in [4.69, 9.17) is 14.2 Å². The number of urea groups is 1. The highest BCUT2D eigenvalue weighted by Gasteiger charge is 2.49. The summed E-state index contributed by atoms with van der Waals surface area (Å²) in [5, 5.41) is 7.61. The van der Waals surface area contributed by atoms with Crippen molar-refractivity contribution >= 4 is 18.2 Å². The van der Waals surface area contributed by atoms with Gasteiger partial charge in [-0.3, -0.25) is 4.79 Å². The zero-order valence-corrected chi connectivity index (χ0v) is 17.0. The lowest BCUT2D eigenvalue weighted by Crippen LogP contribution is -2.40. The van der Waals surface area contributed by atoms with Crippen molar-refractivity contribution < 1.29 is 23.8 Å². The lowest BCUT2D eigenvalue weighted by Gasteiger charge is -2.21. The van der Waals surface area contributed by atoms with Crippen LogP contribution in [-0.2, 0) is 10.3 Å². The molecule has 8 heteroatoms. The lowest BCUT2D eigenvalue weighted by molar-refractivity contribution is -0.131. The second kappa shape index (κ2) is 8.69. The molecule has 3 amide bonds. The van der Waals surface area contributed by atoms with Gasteiger partial charge in [-0.25, -0.2) is 4.79 Å². The molecular weight excluding hydrogens is 386 g/mol. The van der Waals surface area contributed by atoms with Crippen molar-refractivity contribution in [3.8, 4) is 17.2 Å². The van der Waals surface area contributed by atoms with Gasteiger partial charge in [0.15, 0.2) is 11.5 Å². The highest BCUT2D eigenvalue weighted by Crippen LogP contribution is 2.31. The van der Waals surface area contributed by atoms with E-state index in [2.05, 4.69) is 17.0 Å². The van der Waals surface area contributed by atoms with Gasteiger partial charge in [0.25, 0.3) is 5.91 Å². The number of hydrogen-bond donors (Lipinski definition) is 1. The molecule has 1 N–H and O–H groups in total. The van der Waals surface area contributed by atoms with E-state index < -0.39 is 17.5 Å². The normalized spacial score (nSPS) is 18.4. The number of imide groups is 1. The summed E-state index contributed by atoms with van der Waals surface area (Å²) >= 11 is 0. The Balaban J connectivity index is 1.81. The fraction of sp³-hybridized carbons (Fsp3) is 0.227. The fourth-order valence-corrected chi connectivity index (χ4v) is 3.01. The van der Waals surface area contributed by atoms with Crippen LogP contribution in [0.2, 0.25) is 0 Å². The van der Waals surface area contributed by atoms with Gasteiger partial charge in [-0.05, 0) is 48.4 Å². The molecule has 0 bridgehead atoms. The largest absolute Gasteiger partial charge is 0.497 e. The van der Waals surface area contributed by atoms with Gasteiger partial charge in [-0.15, -0.1) is 5.01 Å². The van der Waals surface area contributed by atoms with E-state index in [1.54, 1.807) is 62.6 Å². The molecule has 1 aliphatic rings. The Hall–Kier alpha value is -3.81. The molecule has 2 aromatic rings. The summed E-state index contributed by atoms with van der Waals surface area (Å²) in [6.45, 7) is 5.59. The summed E-state index contributed by atoms with van der Waals surface area (Å²) in [6, 6.07) is 11.5. The summed E-state index contributed by atoms with van der Waals surface area (Å²) in [4.78, 5) is 25.4. The van der Waals surface area contributed by atoms with Crippen molar-refractivity contribution in [2.45, 2.75) is 12.5 Å². The molecule has 1 saturated heterocycles. The van der Waals surface area contributed by atoms with Crippen molar-refractivity contribution in [1.82, 2.24) is 10.3 Å². The Morgan fingerprint density at radius 2 is 1.83 bits per heavy atom. The maximum Gasteiger partial charge on any atom is 0.346 e. The van der Waals surface area contributed by atoms with Crippen LogP contribution >= 0.6 is 0 Å². The Morgan fingerprint density at radius 1 is 1.10 bits per heavy atom. The van der Waals surface area contributed by atoms with Crippen LogP contribution in [0.4, 0.5) is 4.79 Å². The first-order valence-corrected chi connectivity index (χ1v) is 9.20. The molecule has 0 spiro atoms. The van der Waals surface area contributed by atoms with Crippen molar-refractivity contribution in [3.05, 3.63) is 66.2 Å². The van der Waals surface area contributed by atoms with Gasteiger partial charge in [0.1, 0.15) is 17.9 Å². The third kappa shape index (κ3) is 3.98. The summed E-state index contributed by atoms with van der Waals surface area (Å²) < 4.78 is 16.0. The molecule has 2 aromatic carbocycles. The molecule has 0 radical (unpaired) electrons. The SMILES string of the molecule is C=CCOc1ccc(/C=N\N2C(=O)N[C@](C)(c3ccc(OC)cc3)C2=O)cc1OC. The molecule has 0 saturated carbocycles. The summed E-state index contributed by atoms with van der Waals surface area (Å²) in [7, 11) is 3.08. The standard InChI is InChI=1S/C22H23N3O5/c1-5-12-30-18-11-6-15(13-19(18)29-4)14-23-25-20(26)22(2,24-21(25)27)16-7-9-17(28-3)10-8-16/h5-11,13-14H,1,12H2,2-4H3,(H,24,27)/b23-14-/t22-/m1/s1. The van der Waals surface area contributed by atoms with E-state index >= 15 is 0 Å². The fourth-order valence-electron chi connectivity index (χ4n) is 3.01. The van der Waals surface area contributed by atoms with E-state index in [0.29, 0.717) is 35.0 Å². The molecule has 1 atom stereocenters. The quantitative estimate of drug-likeness (QED) is 0.411. The van der Waals surface area contributed by atoms with Gasteiger partial charge < -0.3 is 19.5 Å². The number of methoxy groups -OCH3 is 2. The highest BCUT2D eigenvalue weighted by molar-refractivity contribution is 6.07. The number of benzene rings is 2. The number of amides is 3. The number of carbonyl (C=O) groups excluding carboxylic acids is 2. The number of hydrazone groups is 1. The molecule has 30 heavy (non-hydrogen) atoms. The van der Waals surface area contributed by atoms with Gasteiger partial charge in [0.2, 0.25) is 0 Å². The first kappa shape index (κ1) is 20.9. The van der Waals surface area contributed by atoms with Gasteiger partial charge in [0, 0.05) is 0 Å². The number of nitrogens with one attached hydrogen (secondary N) is 1. The lowest BCUT2D eigenvalue weighted by atomic mass is 9.92. The first-order chi connectivity index (χ1) is 14.4. The Labute approximate surface area is 174 Å². The molecule has 3 rings (SSSR count). The number of carbonyl (C=O) groups is 2. The van der Waals surface area contributed by atoms with Crippen LogP contribution in [0.25, 0.3) is 0 Å². The Kier molecular flexibility index (Phi) is 6.06. The number of rotatable bonds is 8. The summed E-state index contributed by atoms with van der Waals surface area (Å²) in [6.07, 6.45) is 3.04. The Morgan fingerprint density at radius 3 is 2.47 bits per heavy atom. The molecule has 1 aliphatic heterocycles. The third-order valence-electron chi connectivity index (χ3n) is 4.70. The van der Waals surface area contributed by atoms with Gasteiger partial charge in [0.05, 0.1) is 20.4 Å². The average Bonchev–Trinajstić information content (AvgIpc) is 2.99. The van der Waals surface area contributed by atoms with Crippen LogP contribution in [0.3, 0.4) is 0 Å². The van der Waals surface area contributed by atoms with Crippen LogP contribution in [0.15, 0.2) is 60.2 Å². The number of nitrogens with zero attached hydrogens (tertiary/aromatic N) is 2. The minimum absolute atomic E-state index is 0.343. The molecule has 156 valence electrons. The zero-order valence-electron chi connectivity index (χ0n) is 17.0. The van der Waals surface area contributed by atoms with Gasteiger partial charge in [-0.1, -0.05) is 24.8 Å². The second-order valence-electron chi connectivity index (χ2n) is 6.66. The maximum atomic E-state index is 13.0. The smallest absolute Gasteiger partial charge is 0.346 e. The highest BCUT2D eigenvalue weighted by atomic mass is 16.5. The molecule has 8 nitrogen and oxygen atoms in total. The van der Waals surface area contributed by atoms with Crippen molar-refractivity contribution in [3.63, 3.8) is 0 Å². The number of hydrogen-bond acceptors (Lipinski definition) is 6. The monoisotopic (exact) mass is 409 g/mol. The van der Waals surface area contributed by atoms with Crippen LogP contribution in [0.5, 0.6) is 17.2 Å². The van der Waals surface area contributed by atoms with Crippen molar-refractivity contribution in [2.75, 3.05) is 20.8 Å². The molecular formula is C22H23N3O5. The molecule has 0 unspecified atom stereocenters. The number of ether oxygens (including phenoxy) is 3. The predicted octanol–water partition coefficient (Wildman–Crippen LogP) is 3.07. The summed E-state index contributed by atoms with van der Waals surface area (Å²) in [5.41, 5.74) is 0.0435. The van der Waals surface area contributed by atoms with Gasteiger partial charge in [-0.2, -0.15) is 5.10 Å². The van der Waals surface area contributed by atoms with Crippen molar-refractivity contribution in [2.24, 2.45) is 5.10 Å². The first-order valence-electron chi connectivity index (χ1n) is 9.20. The van der Waals surface area contributed by atoms with Crippen LogP contribution in [0, 0.1) is 0 Å². The van der Waals surface area contributed by atoms with Crippen molar-refractivity contribution in [1.29, 1.82) is 0 Å². The molecule has 0 aliphatic carbocycles. The van der Waals surface area contributed by atoms with E-state index in [-0.39, 0.29) is 0 Å². The minimum atomic E-state index is -1.22. The van der Waals surface area contributed by atoms with Crippen LogP contribution in [0.1, 0.15) is 18.1 Å². The van der Waals surface area contributed by atoms with E-state index in [0.717, 1.165) is 5.01 Å². The topological polar surface area (TPSA) is 89.5 Å². The zero-order chi connectivity index (χ0) is 21.7. The van der Waals surface area contributed by atoms with Crippen LogP contribution < -0.4 is 19.5 Å². The average molecular weight is 409 g/mol. The maximum absolute atomic E-state index is 13.0. The van der Waals surface area contributed by atoms with E-state index in [1.807, 2.05) is 0 Å². The van der Waals surface area contributed by atoms with E-state index in [9.17, 15) is 9.59 Å². The second-order valence-corrected chi connectivity index (χ2v) is 6.66. The third-order valence-corrected chi connectivity index (χ3v) is 4.70. The van der Waals surface area contributed by atoms with E-state index in [1.165, 1.54) is 13.3 Å². The molecule has 1 heterocycles. The van der Waals surface area contributed by atoms with Crippen LogP contribution in [-0.4, -0.2) is 44.0 Å². The predicted molar refractivity (Wildman–Crippen MR) is 112 cm³/mol. The minimum Gasteiger partial charge on any atom is -0.497 e. The summed E-state index contributed by atoms with van der Waals surface area (Å²) in [5.74, 6) is 1.23. The molecule has 1 fully saturated rings.